The van der Waals surface area contributed by atoms with Crippen LogP contribution in [0.1, 0.15) is 17.2 Å². The van der Waals surface area contributed by atoms with Gasteiger partial charge in [-0.15, -0.1) is 0 Å². The molecule has 2 nitrogen and oxygen atoms in total. The van der Waals surface area contributed by atoms with Gasteiger partial charge in [0.05, 0.1) is 19.8 Å². The normalized spacial score (nSPS) is 10.8. The van der Waals surface area contributed by atoms with Crippen LogP contribution < -0.4 is 4.57 Å². The van der Waals surface area contributed by atoms with Gasteiger partial charge in [0.15, 0.2) is 0 Å². The molecule has 0 radical (unpaired) electrons. The highest BCUT2D eigenvalue weighted by Gasteiger charge is 2.18. The van der Waals surface area contributed by atoms with Gasteiger partial charge in [0.1, 0.15) is 11.4 Å². The van der Waals surface area contributed by atoms with Crippen LogP contribution >= 0.6 is 11.8 Å². The molecule has 0 aliphatic carbocycles. The Bertz CT molecular complexity index is 264. The molecule has 1 aromatic heterocycles. The predicted octanol–water partition coefficient (Wildman–Crippen LogP) is 1.33. The largest absolute Gasteiger partial charge is 0.266 e. The molecule has 0 unspecified atom stereocenters. The smallest absolute Gasteiger partial charge is 0.233 e. The van der Waals surface area contributed by atoms with E-state index in [4.69, 9.17) is 0 Å². The highest BCUT2D eigenvalue weighted by molar-refractivity contribution is 7.97. The lowest BCUT2D eigenvalue weighted by Crippen LogP contribution is -2.34. The van der Waals surface area contributed by atoms with Crippen molar-refractivity contribution in [3.63, 3.8) is 0 Å². The number of aromatic nitrogens is 2. The molecule has 3 heteroatoms. The van der Waals surface area contributed by atoms with Gasteiger partial charge in [0, 0.05) is 13.8 Å². The fourth-order valence-corrected chi connectivity index (χ4v) is 2.07. The van der Waals surface area contributed by atoms with Crippen LogP contribution in [0.5, 0.6) is 0 Å². The maximum absolute atomic E-state index is 2.27. The van der Waals surface area contributed by atoms with Crippen LogP contribution in [0.2, 0.25) is 0 Å². The van der Waals surface area contributed by atoms with E-state index in [0.717, 1.165) is 5.75 Å². The Balaban J connectivity index is 3.18. The van der Waals surface area contributed by atoms with Crippen molar-refractivity contribution in [3.05, 3.63) is 17.2 Å². The third-order valence-corrected chi connectivity index (χ3v) is 3.12. The Morgan fingerprint density at radius 2 is 2.00 bits per heavy atom. The van der Waals surface area contributed by atoms with Crippen molar-refractivity contribution >= 4 is 11.8 Å². The average Bonchev–Trinajstić information content (AvgIpc) is 2.23. The number of imidazole rings is 1. The molecule has 0 atom stereocenters. The standard InChI is InChI=1S/C9H17N2S/c1-7-8(2)11(4)9(6-12-5)10(7)3/h6H2,1-5H3/q+1. The SMILES string of the molecule is CSCc1n(C)c(C)c(C)[n+]1C. The van der Waals surface area contributed by atoms with Crippen LogP contribution in [0.4, 0.5) is 0 Å². The Kier molecular flexibility index (Phi) is 2.83. The van der Waals surface area contributed by atoms with Gasteiger partial charge < -0.3 is 0 Å². The minimum atomic E-state index is 1.08. The molecule has 0 saturated heterocycles. The summed E-state index contributed by atoms with van der Waals surface area (Å²) in [7, 11) is 4.27. The number of hydrogen-bond acceptors (Lipinski definition) is 1. The zero-order valence-corrected chi connectivity index (χ0v) is 9.33. The summed E-state index contributed by atoms with van der Waals surface area (Å²) >= 11 is 1.86. The van der Waals surface area contributed by atoms with Crippen molar-refractivity contribution < 1.29 is 4.57 Å². The molecule has 0 aliphatic rings. The Morgan fingerprint density at radius 3 is 2.33 bits per heavy atom. The third kappa shape index (κ3) is 1.38. The molecule has 0 aliphatic heterocycles. The van der Waals surface area contributed by atoms with E-state index in [0.29, 0.717) is 0 Å². The Hall–Kier alpha value is -0.440. The molecule has 12 heavy (non-hydrogen) atoms. The third-order valence-electron chi connectivity index (χ3n) is 2.58. The molecule has 0 N–H and O–H groups in total. The lowest BCUT2D eigenvalue weighted by molar-refractivity contribution is -0.683. The van der Waals surface area contributed by atoms with Gasteiger partial charge in [-0.05, 0) is 6.26 Å². The van der Waals surface area contributed by atoms with Gasteiger partial charge in [-0.25, -0.2) is 9.13 Å². The molecular weight excluding hydrogens is 168 g/mol. The first-order valence-corrected chi connectivity index (χ1v) is 5.48. The van der Waals surface area contributed by atoms with Gasteiger partial charge in [-0.2, -0.15) is 11.8 Å². The van der Waals surface area contributed by atoms with Gasteiger partial charge in [0.25, 0.3) is 5.82 Å². The summed E-state index contributed by atoms with van der Waals surface area (Å²) in [6, 6.07) is 0. The summed E-state index contributed by atoms with van der Waals surface area (Å²) in [5.41, 5.74) is 2.73. The van der Waals surface area contributed by atoms with Gasteiger partial charge in [0.2, 0.25) is 0 Å². The number of nitrogens with zero attached hydrogens (tertiary/aromatic N) is 2. The summed E-state index contributed by atoms with van der Waals surface area (Å²) in [5.74, 6) is 2.47. The van der Waals surface area contributed by atoms with Crippen molar-refractivity contribution in [1.82, 2.24) is 4.57 Å². The van der Waals surface area contributed by atoms with E-state index in [1.807, 2.05) is 11.8 Å². The highest BCUT2D eigenvalue weighted by atomic mass is 32.2. The first kappa shape index (κ1) is 9.65. The Labute approximate surface area is 78.6 Å². The quantitative estimate of drug-likeness (QED) is 0.631. The van der Waals surface area contributed by atoms with E-state index in [2.05, 4.69) is 43.3 Å². The van der Waals surface area contributed by atoms with Crippen LogP contribution in [0.25, 0.3) is 0 Å². The van der Waals surface area contributed by atoms with Gasteiger partial charge >= 0.3 is 0 Å². The van der Waals surface area contributed by atoms with E-state index in [9.17, 15) is 0 Å². The molecule has 0 aromatic carbocycles. The molecule has 68 valence electrons. The lowest BCUT2D eigenvalue weighted by Gasteiger charge is -1.95. The summed E-state index contributed by atoms with van der Waals surface area (Å²) in [6.45, 7) is 4.33. The summed E-state index contributed by atoms with van der Waals surface area (Å²) in [5, 5.41) is 0. The van der Waals surface area contributed by atoms with E-state index < -0.39 is 0 Å². The second-order valence-electron chi connectivity index (χ2n) is 3.14. The first-order valence-electron chi connectivity index (χ1n) is 4.09. The van der Waals surface area contributed by atoms with Crippen LogP contribution in [0.15, 0.2) is 0 Å². The molecule has 0 saturated carbocycles. The first-order chi connectivity index (χ1) is 5.59. The van der Waals surface area contributed by atoms with Crippen molar-refractivity contribution in [3.8, 4) is 0 Å². The molecule has 0 spiro atoms. The highest BCUT2D eigenvalue weighted by Crippen LogP contribution is 2.10. The van der Waals surface area contributed by atoms with Crippen molar-refractivity contribution in [2.24, 2.45) is 14.1 Å². The van der Waals surface area contributed by atoms with E-state index >= 15 is 0 Å². The van der Waals surface area contributed by atoms with Gasteiger partial charge in [-0.3, -0.25) is 0 Å². The number of rotatable bonds is 2. The summed E-state index contributed by atoms with van der Waals surface area (Å²) in [4.78, 5) is 0. The van der Waals surface area contributed by atoms with Crippen LogP contribution in [-0.2, 0) is 19.8 Å². The average molecular weight is 185 g/mol. The molecule has 0 fully saturated rings. The van der Waals surface area contributed by atoms with E-state index in [-0.39, 0.29) is 0 Å². The topological polar surface area (TPSA) is 8.81 Å². The molecule has 1 rings (SSSR count). The van der Waals surface area contributed by atoms with Gasteiger partial charge in [-0.1, -0.05) is 0 Å². The fraction of sp³-hybridized carbons (Fsp3) is 0.667. The second kappa shape index (κ2) is 3.52. The lowest BCUT2D eigenvalue weighted by atomic mass is 10.4. The second-order valence-corrected chi connectivity index (χ2v) is 4.00. The summed E-state index contributed by atoms with van der Waals surface area (Å²) in [6.07, 6.45) is 2.14. The maximum atomic E-state index is 2.27. The zero-order chi connectivity index (χ0) is 9.30. The van der Waals surface area contributed by atoms with Crippen molar-refractivity contribution in [2.75, 3.05) is 6.26 Å². The van der Waals surface area contributed by atoms with Crippen LogP contribution in [0.3, 0.4) is 0 Å². The minimum absolute atomic E-state index is 1.08. The van der Waals surface area contributed by atoms with E-state index in [1.54, 1.807) is 0 Å². The molecule has 0 bridgehead atoms. The molecule has 0 amide bonds. The van der Waals surface area contributed by atoms with Crippen LogP contribution in [-0.4, -0.2) is 10.8 Å². The predicted molar refractivity (Wildman–Crippen MR) is 53.3 cm³/mol. The van der Waals surface area contributed by atoms with Crippen molar-refractivity contribution in [1.29, 1.82) is 0 Å². The number of thioether (sulfide) groups is 1. The van der Waals surface area contributed by atoms with E-state index in [1.165, 1.54) is 17.2 Å². The van der Waals surface area contributed by atoms with Crippen molar-refractivity contribution in [2.45, 2.75) is 19.6 Å². The minimum Gasteiger partial charge on any atom is -0.233 e. The monoisotopic (exact) mass is 185 g/mol. The van der Waals surface area contributed by atoms with Crippen LogP contribution in [0, 0.1) is 13.8 Å². The molecule has 1 aromatic rings. The molecule has 1 heterocycles. The molecular formula is C9H17N2S+. The fourth-order valence-electron chi connectivity index (χ4n) is 1.42. The Morgan fingerprint density at radius 1 is 1.42 bits per heavy atom. The number of hydrogen-bond donors (Lipinski definition) is 0. The zero-order valence-electron chi connectivity index (χ0n) is 8.51. The summed E-state index contributed by atoms with van der Waals surface area (Å²) < 4.78 is 4.54. The maximum Gasteiger partial charge on any atom is 0.266 e.